The van der Waals surface area contributed by atoms with E-state index < -0.39 is 34.4 Å². The number of ether oxygens (including phenoxy) is 4. The van der Waals surface area contributed by atoms with Crippen LogP contribution in [0.2, 0.25) is 5.02 Å². The van der Waals surface area contributed by atoms with E-state index in [0.29, 0.717) is 39.5 Å². The Hall–Kier alpha value is -2.49. The number of hydrogen-bond acceptors (Lipinski definition) is 10. The number of morpholine rings is 1. The molecule has 43 heavy (non-hydrogen) atoms. The smallest absolute Gasteiger partial charge is 0.407 e. The lowest BCUT2D eigenvalue weighted by Crippen LogP contribution is -2.52. The summed E-state index contributed by atoms with van der Waals surface area (Å²) in [7, 11) is -4.18. The number of benzene rings is 2. The van der Waals surface area contributed by atoms with Gasteiger partial charge in [-0.1, -0.05) is 41.9 Å². The molecule has 3 N–H and O–H groups in total. The molecular formula is C29H38ClN3O9S. The second-order valence-corrected chi connectivity index (χ2v) is 13.3. The number of carbonyl (C=O) groups is 1. The van der Waals surface area contributed by atoms with Gasteiger partial charge in [-0.15, -0.1) is 0 Å². The van der Waals surface area contributed by atoms with Crippen molar-refractivity contribution >= 4 is 27.7 Å². The van der Waals surface area contributed by atoms with Crippen LogP contribution in [-0.2, 0) is 35.4 Å². The molecule has 0 bridgehead atoms. The topological polar surface area (TPSA) is 147 Å². The van der Waals surface area contributed by atoms with Gasteiger partial charge in [0, 0.05) is 38.8 Å². The summed E-state index contributed by atoms with van der Waals surface area (Å²) >= 11 is 5.93. The van der Waals surface area contributed by atoms with Crippen LogP contribution in [0.1, 0.15) is 12.0 Å². The summed E-state index contributed by atoms with van der Waals surface area (Å²) in [5.74, 6) is -0.423. The molecule has 0 radical (unpaired) electrons. The molecule has 3 saturated heterocycles. The van der Waals surface area contributed by atoms with Crippen molar-refractivity contribution in [3.05, 3.63) is 59.1 Å². The van der Waals surface area contributed by atoms with E-state index in [0.717, 1.165) is 18.1 Å². The van der Waals surface area contributed by atoms with Crippen LogP contribution < -0.4 is 5.32 Å². The van der Waals surface area contributed by atoms with Crippen molar-refractivity contribution in [2.75, 3.05) is 59.2 Å². The van der Waals surface area contributed by atoms with Crippen molar-refractivity contribution < 1.29 is 42.4 Å². The largest absolute Gasteiger partial charge is 0.506 e. The van der Waals surface area contributed by atoms with Gasteiger partial charge in [0.1, 0.15) is 11.9 Å². The van der Waals surface area contributed by atoms with Crippen molar-refractivity contribution in [2.45, 2.75) is 42.3 Å². The van der Waals surface area contributed by atoms with Crippen molar-refractivity contribution in [2.24, 2.45) is 5.92 Å². The van der Waals surface area contributed by atoms with E-state index in [1.807, 2.05) is 30.3 Å². The first kappa shape index (κ1) is 31.9. The molecular weight excluding hydrogens is 602 g/mol. The minimum absolute atomic E-state index is 0.0210. The predicted molar refractivity (Wildman–Crippen MR) is 156 cm³/mol. The molecule has 2 aromatic carbocycles. The van der Waals surface area contributed by atoms with E-state index in [1.54, 1.807) is 0 Å². The number of amides is 1. The standard InChI is InChI=1S/C29H38ClN3O9S/c30-23-7-6-21(17-25(23)34)43(37,38)33(10-9-32-11-14-39-15-12-32)18-26(35)24(16-20-4-2-1-3-5-20)31-29(36)42-27-19-41-28-22(27)8-13-40-28/h1-7,17,22,24,26-28,34-35H,8-16,18-19H2,(H,31,36)/t22?,24-,26+,27?,28+/m0/s1. The SMILES string of the molecule is O=C(N[C@@H](Cc1ccccc1)[C@H](O)CN(CCN1CCOCC1)S(=O)(=O)c1ccc(Cl)c(O)c1)OC1CO[C@H]2OCCC12. The van der Waals surface area contributed by atoms with Crippen molar-refractivity contribution in [3.63, 3.8) is 0 Å². The van der Waals surface area contributed by atoms with Gasteiger partial charge < -0.3 is 34.5 Å². The number of aliphatic hydroxyl groups is 1. The van der Waals surface area contributed by atoms with Gasteiger partial charge in [0.25, 0.3) is 0 Å². The van der Waals surface area contributed by atoms with Crippen LogP contribution >= 0.6 is 11.6 Å². The molecule has 3 aliphatic rings. The van der Waals surface area contributed by atoms with Crippen molar-refractivity contribution in [3.8, 4) is 5.75 Å². The maximum Gasteiger partial charge on any atom is 0.407 e. The Labute approximate surface area is 256 Å². The molecule has 3 fully saturated rings. The quantitative estimate of drug-likeness (QED) is 0.314. The summed E-state index contributed by atoms with van der Waals surface area (Å²) in [5, 5.41) is 24.4. The van der Waals surface area contributed by atoms with Gasteiger partial charge in [0.15, 0.2) is 6.29 Å². The number of carbonyl (C=O) groups excluding carboxylic acids is 1. The first-order valence-corrected chi connectivity index (χ1v) is 16.2. The first-order chi connectivity index (χ1) is 20.7. The van der Waals surface area contributed by atoms with Crippen LogP contribution in [0.25, 0.3) is 0 Å². The molecule has 2 aromatic rings. The number of rotatable bonds is 12. The summed E-state index contributed by atoms with van der Waals surface area (Å²) in [6.45, 7) is 3.30. The molecule has 5 rings (SSSR count). The highest BCUT2D eigenvalue weighted by molar-refractivity contribution is 7.89. The highest BCUT2D eigenvalue weighted by Gasteiger charge is 2.44. The minimum atomic E-state index is -4.18. The van der Waals surface area contributed by atoms with E-state index in [-0.39, 0.29) is 54.0 Å². The Morgan fingerprint density at radius 3 is 2.65 bits per heavy atom. The van der Waals surface area contributed by atoms with Crippen LogP contribution in [-0.4, -0.2) is 118 Å². The summed E-state index contributed by atoms with van der Waals surface area (Å²) in [6.07, 6.45) is -1.96. The molecule has 0 aliphatic carbocycles. The molecule has 0 aromatic heterocycles. The Morgan fingerprint density at radius 2 is 1.91 bits per heavy atom. The number of sulfonamides is 1. The fourth-order valence-corrected chi connectivity index (χ4v) is 7.13. The van der Waals surface area contributed by atoms with Gasteiger partial charge in [0.2, 0.25) is 10.0 Å². The first-order valence-electron chi connectivity index (χ1n) is 14.4. The maximum atomic E-state index is 13.8. The van der Waals surface area contributed by atoms with Gasteiger partial charge in [-0.3, -0.25) is 4.90 Å². The predicted octanol–water partition coefficient (Wildman–Crippen LogP) is 1.83. The lowest BCUT2D eigenvalue weighted by molar-refractivity contribution is -0.0907. The van der Waals surface area contributed by atoms with Crippen LogP contribution in [0.3, 0.4) is 0 Å². The number of phenolic OH excluding ortho intramolecular Hbond substituents is 1. The van der Waals surface area contributed by atoms with Crippen molar-refractivity contribution in [1.82, 2.24) is 14.5 Å². The molecule has 2 unspecified atom stereocenters. The molecule has 5 atom stereocenters. The summed E-state index contributed by atoms with van der Waals surface area (Å²) < 4.78 is 51.0. The zero-order valence-corrected chi connectivity index (χ0v) is 25.3. The third-order valence-electron chi connectivity index (χ3n) is 8.03. The number of fused-ring (bicyclic) bond motifs is 1. The normalized spacial score (nSPS) is 24.0. The van der Waals surface area contributed by atoms with E-state index in [1.165, 1.54) is 16.4 Å². The van der Waals surface area contributed by atoms with E-state index in [9.17, 15) is 23.4 Å². The summed E-state index contributed by atoms with van der Waals surface area (Å²) in [5.41, 5.74) is 0.839. The number of nitrogens with one attached hydrogen (secondary N) is 1. The Kier molecular flexibility index (Phi) is 10.8. The molecule has 3 aliphatic heterocycles. The number of alkyl carbamates (subject to hydrolysis) is 1. The van der Waals surface area contributed by atoms with Crippen molar-refractivity contribution in [1.29, 1.82) is 0 Å². The summed E-state index contributed by atoms with van der Waals surface area (Å²) in [6, 6.07) is 12.1. The molecule has 3 heterocycles. The van der Waals surface area contributed by atoms with Gasteiger partial charge in [-0.05, 0) is 30.5 Å². The highest BCUT2D eigenvalue weighted by atomic mass is 35.5. The van der Waals surface area contributed by atoms with Crippen LogP contribution in [0.4, 0.5) is 4.79 Å². The summed E-state index contributed by atoms with van der Waals surface area (Å²) in [4.78, 5) is 15.0. The average Bonchev–Trinajstić information content (AvgIpc) is 3.62. The van der Waals surface area contributed by atoms with Gasteiger partial charge in [-0.25, -0.2) is 13.2 Å². The lowest BCUT2D eigenvalue weighted by atomic mass is 10.0. The molecule has 0 saturated carbocycles. The lowest BCUT2D eigenvalue weighted by Gasteiger charge is -2.32. The number of halogens is 1. The van der Waals surface area contributed by atoms with E-state index >= 15 is 0 Å². The third kappa shape index (κ3) is 8.17. The minimum Gasteiger partial charge on any atom is -0.506 e. The maximum absolute atomic E-state index is 13.8. The molecule has 12 nitrogen and oxygen atoms in total. The van der Waals surface area contributed by atoms with Gasteiger partial charge in [-0.2, -0.15) is 4.31 Å². The molecule has 14 heteroatoms. The van der Waals surface area contributed by atoms with Gasteiger partial charge in [0.05, 0.1) is 54.4 Å². The zero-order valence-electron chi connectivity index (χ0n) is 23.7. The second kappa shape index (κ2) is 14.5. The number of aliphatic hydroxyl groups excluding tert-OH is 1. The number of phenols is 1. The number of nitrogens with zero attached hydrogens (tertiary/aromatic N) is 2. The van der Waals surface area contributed by atoms with E-state index in [4.69, 9.17) is 30.5 Å². The Balaban J connectivity index is 1.34. The fraction of sp³-hybridized carbons (Fsp3) is 0.552. The molecule has 1 amide bonds. The van der Waals surface area contributed by atoms with Gasteiger partial charge >= 0.3 is 6.09 Å². The monoisotopic (exact) mass is 639 g/mol. The van der Waals surface area contributed by atoms with Crippen LogP contribution in [0.5, 0.6) is 5.75 Å². The number of aromatic hydroxyl groups is 1. The van der Waals surface area contributed by atoms with Crippen LogP contribution in [0.15, 0.2) is 53.4 Å². The molecule has 236 valence electrons. The van der Waals surface area contributed by atoms with Crippen LogP contribution in [0, 0.1) is 5.92 Å². The molecule has 0 spiro atoms. The van der Waals surface area contributed by atoms with E-state index in [2.05, 4.69) is 10.2 Å². The highest BCUT2D eigenvalue weighted by Crippen LogP contribution is 2.33. The average molecular weight is 640 g/mol. The third-order valence-corrected chi connectivity index (χ3v) is 10.2. The Morgan fingerprint density at radius 1 is 1.14 bits per heavy atom. The fourth-order valence-electron chi connectivity index (χ4n) is 5.55. The number of hydrogen-bond donors (Lipinski definition) is 3. The zero-order chi connectivity index (χ0) is 30.4. The second-order valence-electron chi connectivity index (χ2n) is 10.9. The Bertz CT molecular complexity index is 1330.